The first-order valence-corrected chi connectivity index (χ1v) is 9.02. The Kier molecular flexibility index (Phi) is 3.59. The number of fused-ring (bicyclic) bond motifs is 3. The standard InChI is InChI=1S/C25H18O2/c26-25(18-14-16-20(17-15-18)27-19-8-2-1-3-9-19)23-12-6-4-10-21(23)22-11-5-7-13-24(22)25/h1-17,26H. The van der Waals surface area contributed by atoms with E-state index in [0.29, 0.717) is 0 Å². The van der Waals surface area contributed by atoms with Crippen LogP contribution in [-0.2, 0) is 5.60 Å². The van der Waals surface area contributed by atoms with E-state index in [0.717, 1.165) is 39.3 Å². The summed E-state index contributed by atoms with van der Waals surface area (Å²) in [7, 11) is 0. The van der Waals surface area contributed by atoms with E-state index in [1.165, 1.54) is 0 Å². The third-order valence-corrected chi connectivity index (χ3v) is 5.17. The summed E-state index contributed by atoms with van der Waals surface area (Å²) in [5, 5.41) is 11.8. The van der Waals surface area contributed by atoms with Crippen molar-refractivity contribution in [3.8, 4) is 22.6 Å². The molecule has 0 aromatic heterocycles. The van der Waals surface area contributed by atoms with Gasteiger partial charge in [0.1, 0.15) is 17.1 Å². The molecule has 0 atom stereocenters. The lowest BCUT2D eigenvalue weighted by Crippen LogP contribution is -2.25. The van der Waals surface area contributed by atoms with Crippen molar-refractivity contribution in [1.29, 1.82) is 0 Å². The summed E-state index contributed by atoms with van der Waals surface area (Å²) in [5.74, 6) is 1.54. The van der Waals surface area contributed by atoms with Crippen LogP contribution in [-0.4, -0.2) is 5.11 Å². The van der Waals surface area contributed by atoms with Crippen molar-refractivity contribution in [2.75, 3.05) is 0 Å². The minimum Gasteiger partial charge on any atom is -0.457 e. The van der Waals surface area contributed by atoms with Gasteiger partial charge in [-0.25, -0.2) is 0 Å². The van der Waals surface area contributed by atoms with E-state index >= 15 is 0 Å². The van der Waals surface area contributed by atoms with E-state index in [-0.39, 0.29) is 0 Å². The summed E-state index contributed by atoms with van der Waals surface area (Å²) in [5.41, 5.74) is 3.69. The second-order valence-corrected chi connectivity index (χ2v) is 6.74. The van der Waals surface area contributed by atoms with E-state index in [4.69, 9.17) is 4.74 Å². The van der Waals surface area contributed by atoms with Gasteiger partial charge in [-0.1, -0.05) is 78.9 Å². The summed E-state index contributed by atoms with van der Waals surface area (Å²) < 4.78 is 5.89. The van der Waals surface area contributed by atoms with Crippen LogP contribution in [0.4, 0.5) is 0 Å². The van der Waals surface area contributed by atoms with Gasteiger partial charge >= 0.3 is 0 Å². The molecule has 0 spiro atoms. The van der Waals surface area contributed by atoms with E-state index in [1.54, 1.807) is 0 Å². The van der Waals surface area contributed by atoms with Gasteiger partial charge in [0.25, 0.3) is 0 Å². The van der Waals surface area contributed by atoms with Crippen molar-refractivity contribution in [3.63, 3.8) is 0 Å². The molecule has 0 fully saturated rings. The van der Waals surface area contributed by atoms with Crippen molar-refractivity contribution in [2.45, 2.75) is 5.60 Å². The molecule has 4 aromatic rings. The monoisotopic (exact) mass is 350 g/mol. The van der Waals surface area contributed by atoms with Gasteiger partial charge in [-0.2, -0.15) is 0 Å². The number of ether oxygens (including phenoxy) is 1. The molecule has 2 heteroatoms. The van der Waals surface area contributed by atoms with E-state index in [1.807, 2.05) is 91.0 Å². The fourth-order valence-electron chi connectivity index (χ4n) is 3.91. The van der Waals surface area contributed by atoms with Gasteiger partial charge in [0.2, 0.25) is 0 Å². The average Bonchev–Trinajstić information content (AvgIpc) is 3.00. The summed E-state index contributed by atoms with van der Waals surface area (Å²) in [6.45, 7) is 0. The highest BCUT2D eigenvalue weighted by Gasteiger charge is 2.42. The minimum atomic E-state index is -1.15. The molecule has 130 valence electrons. The van der Waals surface area contributed by atoms with Gasteiger partial charge in [-0.15, -0.1) is 0 Å². The van der Waals surface area contributed by atoms with Crippen LogP contribution in [0.15, 0.2) is 103 Å². The lowest BCUT2D eigenvalue weighted by atomic mass is 9.84. The molecule has 1 aliphatic rings. The maximum Gasteiger partial charge on any atom is 0.141 e. The van der Waals surface area contributed by atoms with Gasteiger partial charge in [0, 0.05) is 11.1 Å². The summed E-state index contributed by atoms with van der Waals surface area (Å²) in [6, 6.07) is 33.5. The van der Waals surface area contributed by atoms with Crippen LogP contribution in [0.25, 0.3) is 11.1 Å². The van der Waals surface area contributed by atoms with Crippen LogP contribution in [0, 0.1) is 0 Å². The van der Waals surface area contributed by atoms with Crippen LogP contribution in [0.5, 0.6) is 11.5 Å². The molecule has 0 radical (unpaired) electrons. The van der Waals surface area contributed by atoms with Crippen LogP contribution in [0.1, 0.15) is 16.7 Å². The summed E-state index contributed by atoms with van der Waals surface area (Å²) >= 11 is 0. The highest BCUT2D eigenvalue weighted by molar-refractivity contribution is 5.82. The molecule has 27 heavy (non-hydrogen) atoms. The Bertz CT molecular complexity index is 1050. The Morgan fingerprint density at radius 2 is 1.00 bits per heavy atom. The molecule has 0 saturated carbocycles. The van der Waals surface area contributed by atoms with Crippen LogP contribution in [0.3, 0.4) is 0 Å². The lowest BCUT2D eigenvalue weighted by molar-refractivity contribution is 0.130. The minimum absolute atomic E-state index is 0.744. The summed E-state index contributed by atoms with van der Waals surface area (Å²) in [4.78, 5) is 0. The first-order chi connectivity index (χ1) is 13.3. The largest absolute Gasteiger partial charge is 0.457 e. The number of hydrogen-bond donors (Lipinski definition) is 1. The molecule has 5 rings (SSSR count). The molecule has 0 heterocycles. The predicted octanol–water partition coefficient (Wildman–Crippen LogP) is 5.74. The normalized spacial score (nSPS) is 13.7. The molecule has 1 aliphatic carbocycles. The highest BCUT2D eigenvalue weighted by atomic mass is 16.5. The van der Waals surface area contributed by atoms with Crippen molar-refractivity contribution in [2.24, 2.45) is 0 Å². The molecule has 0 aliphatic heterocycles. The van der Waals surface area contributed by atoms with E-state index < -0.39 is 5.60 Å². The first kappa shape index (κ1) is 15.9. The molecule has 0 unspecified atom stereocenters. The van der Waals surface area contributed by atoms with Gasteiger partial charge in [-0.3, -0.25) is 0 Å². The van der Waals surface area contributed by atoms with Gasteiger partial charge < -0.3 is 9.84 Å². The van der Waals surface area contributed by atoms with Crippen molar-refractivity contribution in [3.05, 3.63) is 120 Å². The smallest absolute Gasteiger partial charge is 0.141 e. The van der Waals surface area contributed by atoms with Gasteiger partial charge in [-0.05, 0) is 41.0 Å². The molecular weight excluding hydrogens is 332 g/mol. The number of hydrogen-bond acceptors (Lipinski definition) is 2. The van der Waals surface area contributed by atoms with Gasteiger partial charge in [0.05, 0.1) is 0 Å². The van der Waals surface area contributed by atoms with Crippen molar-refractivity contribution in [1.82, 2.24) is 0 Å². The van der Waals surface area contributed by atoms with Crippen LogP contribution in [0.2, 0.25) is 0 Å². The number of aliphatic hydroxyl groups is 1. The van der Waals surface area contributed by atoms with Crippen molar-refractivity contribution >= 4 is 0 Å². The summed E-state index contributed by atoms with van der Waals surface area (Å²) in [6.07, 6.45) is 0. The molecule has 0 amide bonds. The Morgan fingerprint density at radius 3 is 1.59 bits per heavy atom. The zero-order valence-electron chi connectivity index (χ0n) is 14.7. The SMILES string of the molecule is OC1(c2ccc(Oc3ccccc3)cc2)c2ccccc2-c2ccccc21. The van der Waals surface area contributed by atoms with E-state index in [9.17, 15) is 5.11 Å². The molecule has 1 N–H and O–H groups in total. The lowest BCUT2D eigenvalue weighted by Gasteiger charge is -2.26. The predicted molar refractivity (Wildman–Crippen MR) is 107 cm³/mol. The maximum atomic E-state index is 11.8. The average molecular weight is 350 g/mol. The van der Waals surface area contributed by atoms with E-state index in [2.05, 4.69) is 12.1 Å². The number of para-hydroxylation sites is 1. The molecule has 0 bridgehead atoms. The fourth-order valence-corrected chi connectivity index (χ4v) is 3.91. The third-order valence-electron chi connectivity index (χ3n) is 5.17. The van der Waals surface area contributed by atoms with Gasteiger partial charge in [0.15, 0.2) is 0 Å². The second kappa shape index (κ2) is 6.11. The number of rotatable bonds is 3. The second-order valence-electron chi connectivity index (χ2n) is 6.74. The van der Waals surface area contributed by atoms with Crippen LogP contribution < -0.4 is 4.74 Å². The first-order valence-electron chi connectivity index (χ1n) is 9.02. The zero-order valence-corrected chi connectivity index (χ0v) is 14.7. The highest BCUT2D eigenvalue weighted by Crippen LogP contribution is 2.50. The zero-order chi connectivity index (χ0) is 18.3. The molecule has 2 nitrogen and oxygen atoms in total. The third kappa shape index (κ3) is 2.46. The topological polar surface area (TPSA) is 29.5 Å². The molecular formula is C25H18O2. The quantitative estimate of drug-likeness (QED) is 0.510. The molecule has 0 saturated heterocycles. The molecule has 4 aromatic carbocycles. The Balaban J connectivity index is 1.58. The Morgan fingerprint density at radius 1 is 0.519 bits per heavy atom. The van der Waals surface area contributed by atoms with Crippen molar-refractivity contribution < 1.29 is 9.84 Å². The fraction of sp³-hybridized carbons (Fsp3) is 0.0400. The Hall–Kier alpha value is -3.36. The Labute approximate surface area is 158 Å². The number of benzene rings is 4. The van der Waals surface area contributed by atoms with Crippen LogP contribution >= 0.6 is 0 Å². The maximum absolute atomic E-state index is 11.8.